The highest BCUT2D eigenvalue weighted by Gasteiger charge is 2.29. The lowest BCUT2D eigenvalue weighted by Gasteiger charge is -2.34. The van der Waals surface area contributed by atoms with E-state index >= 15 is 0 Å². The maximum Gasteiger partial charge on any atom is 0.184 e. The third-order valence-electron chi connectivity index (χ3n) is 3.16. The highest BCUT2D eigenvalue weighted by atomic mass is 16.7. The van der Waals surface area contributed by atoms with Crippen molar-refractivity contribution in [3.05, 3.63) is 29.8 Å². The molecular formula is C14H18O4. The molecule has 1 aromatic rings. The smallest absolute Gasteiger partial charge is 0.184 e. The third kappa shape index (κ3) is 2.89. The van der Waals surface area contributed by atoms with Crippen LogP contribution in [0.5, 0.6) is 5.75 Å². The van der Waals surface area contributed by atoms with Gasteiger partial charge < -0.3 is 19.0 Å². The second-order valence-electron chi connectivity index (χ2n) is 4.49. The van der Waals surface area contributed by atoms with Crippen molar-refractivity contribution in [2.24, 2.45) is 5.92 Å². The molecule has 0 aliphatic carbocycles. The topological polar surface area (TPSA) is 44.8 Å². The highest BCUT2D eigenvalue weighted by Crippen LogP contribution is 2.30. The lowest BCUT2D eigenvalue weighted by Crippen LogP contribution is -2.34. The van der Waals surface area contributed by atoms with Crippen LogP contribution in [0.4, 0.5) is 0 Å². The zero-order valence-corrected chi connectivity index (χ0v) is 10.7. The number of carbonyl (C=O) groups excluding carboxylic acids is 1. The van der Waals surface area contributed by atoms with Crippen LogP contribution >= 0.6 is 0 Å². The second kappa shape index (κ2) is 5.98. The van der Waals surface area contributed by atoms with Gasteiger partial charge in [0, 0.05) is 17.9 Å². The number of rotatable bonds is 4. The summed E-state index contributed by atoms with van der Waals surface area (Å²) in [6, 6.07) is 7.57. The first-order chi connectivity index (χ1) is 8.74. The Bertz CT molecular complexity index is 387. The average molecular weight is 250 g/mol. The second-order valence-corrected chi connectivity index (χ2v) is 4.49. The van der Waals surface area contributed by atoms with E-state index in [4.69, 9.17) is 14.2 Å². The summed E-state index contributed by atoms with van der Waals surface area (Å²) in [5.74, 6) is 1.04. The Kier molecular flexibility index (Phi) is 4.33. The fourth-order valence-electron chi connectivity index (χ4n) is 2.00. The van der Waals surface area contributed by atoms with Crippen molar-refractivity contribution in [2.45, 2.75) is 25.7 Å². The Labute approximate surface area is 107 Å². The number of aldehydes is 1. The van der Waals surface area contributed by atoms with Crippen LogP contribution < -0.4 is 4.74 Å². The van der Waals surface area contributed by atoms with Gasteiger partial charge in [0.05, 0.1) is 19.8 Å². The molecule has 2 rings (SSSR count). The molecule has 0 aromatic heterocycles. The monoisotopic (exact) mass is 250 g/mol. The van der Waals surface area contributed by atoms with Crippen molar-refractivity contribution in [1.29, 1.82) is 0 Å². The molecule has 0 amide bonds. The van der Waals surface area contributed by atoms with E-state index in [1.165, 1.54) is 0 Å². The van der Waals surface area contributed by atoms with Crippen LogP contribution in [0.1, 0.15) is 25.2 Å². The average Bonchev–Trinajstić information content (AvgIpc) is 2.42. The van der Waals surface area contributed by atoms with Gasteiger partial charge in [0.15, 0.2) is 6.29 Å². The summed E-state index contributed by atoms with van der Waals surface area (Å²) in [7, 11) is 1.63. The van der Waals surface area contributed by atoms with E-state index in [9.17, 15) is 4.79 Å². The van der Waals surface area contributed by atoms with Gasteiger partial charge in [-0.3, -0.25) is 0 Å². The molecule has 1 unspecified atom stereocenters. The van der Waals surface area contributed by atoms with Crippen molar-refractivity contribution in [1.82, 2.24) is 0 Å². The van der Waals surface area contributed by atoms with Crippen molar-refractivity contribution >= 4 is 6.29 Å². The van der Waals surface area contributed by atoms with E-state index in [1.54, 1.807) is 7.11 Å². The number of ether oxygens (including phenoxy) is 3. The molecule has 1 aliphatic heterocycles. The van der Waals surface area contributed by atoms with Crippen LogP contribution in [0.15, 0.2) is 24.3 Å². The van der Waals surface area contributed by atoms with Crippen LogP contribution in [0.3, 0.4) is 0 Å². The molecule has 0 radical (unpaired) electrons. The maximum atomic E-state index is 10.6. The maximum absolute atomic E-state index is 10.6. The van der Waals surface area contributed by atoms with E-state index in [2.05, 4.69) is 0 Å². The van der Waals surface area contributed by atoms with Gasteiger partial charge in [0.1, 0.15) is 12.0 Å². The molecule has 18 heavy (non-hydrogen) atoms. The van der Waals surface area contributed by atoms with E-state index in [0.717, 1.165) is 17.6 Å². The minimum Gasteiger partial charge on any atom is -0.497 e. The first-order valence-electron chi connectivity index (χ1n) is 6.09. The van der Waals surface area contributed by atoms with Gasteiger partial charge in [-0.15, -0.1) is 0 Å². The predicted molar refractivity (Wildman–Crippen MR) is 66.4 cm³/mol. The number of carbonyl (C=O) groups is 1. The van der Waals surface area contributed by atoms with E-state index in [0.29, 0.717) is 13.0 Å². The molecule has 4 heteroatoms. The van der Waals surface area contributed by atoms with Gasteiger partial charge in [0.25, 0.3) is 0 Å². The first-order valence-corrected chi connectivity index (χ1v) is 6.09. The summed E-state index contributed by atoms with van der Waals surface area (Å²) < 4.78 is 16.6. The Hall–Kier alpha value is -1.39. The Balaban J connectivity index is 2.05. The van der Waals surface area contributed by atoms with Crippen molar-refractivity contribution in [3.63, 3.8) is 0 Å². The molecular weight excluding hydrogens is 232 g/mol. The normalized spacial score (nSPS) is 27.8. The van der Waals surface area contributed by atoms with E-state index in [1.807, 2.05) is 31.2 Å². The predicted octanol–water partition coefficient (Wildman–Crippen LogP) is 2.33. The van der Waals surface area contributed by atoms with Crippen LogP contribution in [-0.2, 0) is 14.3 Å². The molecule has 0 bridgehead atoms. The van der Waals surface area contributed by atoms with E-state index < -0.39 is 6.29 Å². The molecule has 1 heterocycles. The molecule has 3 atom stereocenters. The van der Waals surface area contributed by atoms with Gasteiger partial charge in [-0.25, -0.2) is 0 Å². The number of benzene rings is 1. The summed E-state index contributed by atoms with van der Waals surface area (Å²) in [5.41, 5.74) is 0.943. The Morgan fingerprint density at radius 1 is 1.39 bits per heavy atom. The fourth-order valence-corrected chi connectivity index (χ4v) is 2.00. The minimum atomic E-state index is -0.392. The van der Waals surface area contributed by atoms with Crippen LogP contribution in [-0.4, -0.2) is 26.1 Å². The summed E-state index contributed by atoms with van der Waals surface area (Å²) in [6.45, 7) is 2.63. The quantitative estimate of drug-likeness (QED) is 0.769. The van der Waals surface area contributed by atoms with E-state index in [-0.39, 0.29) is 12.0 Å². The van der Waals surface area contributed by atoms with Gasteiger partial charge in [-0.2, -0.15) is 0 Å². The molecule has 1 saturated heterocycles. The van der Waals surface area contributed by atoms with Crippen molar-refractivity contribution < 1.29 is 19.0 Å². The zero-order valence-electron chi connectivity index (χ0n) is 10.7. The lowest BCUT2D eigenvalue weighted by atomic mass is 10.0. The largest absolute Gasteiger partial charge is 0.497 e. The van der Waals surface area contributed by atoms with Gasteiger partial charge in [-0.1, -0.05) is 19.1 Å². The third-order valence-corrected chi connectivity index (χ3v) is 3.16. The molecule has 1 fully saturated rings. The van der Waals surface area contributed by atoms with Crippen LogP contribution in [0.25, 0.3) is 0 Å². The highest BCUT2D eigenvalue weighted by molar-refractivity contribution is 5.50. The minimum absolute atomic E-state index is 0.0663. The first kappa shape index (κ1) is 13.1. The van der Waals surface area contributed by atoms with Crippen molar-refractivity contribution in [2.75, 3.05) is 13.7 Å². The number of hydrogen-bond donors (Lipinski definition) is 0. The van der Waals surface area contributed by atoms with Gasteiger partial charge in [0.2, 0.25) is 0 Å². The molecule has 0 spiro atoms. The summed E-state index contributed by atoms with van der Waals surface area (Å²) in [4.78, 5) is 10.6. The summed E-state index contributed by atoms with van der Waals surface area (Å²) in [5, 5.41) is 0. The van der Waals surface area contributed by atoms with Gasteiger partial charge >= 0.3 is 0 Å². The number of methoxy groups -OCH3 is 1. The Morgan fingerprint density at radius 2 is 2.11 bits per heavy atom. The molecule has 1 aliphatic rings. The van der Waals surface area contributed by atoms with Crippen LogP contribution in [0, 0.1) is 5.92 Å². The van der Waals surface area contributed by atoms with Crippen LogP contribution in [0.2, 0.25) is 0 Å². The summed E-state index contributed by atoms with van der Waals surface area (Å²) >= 11 is 0. The van der Waals surface area contributed by atoms with Crippen molar-refractivity contribution in [3.8, 4) is 5.75 Å². The Morgan fingerprint density at radius 3 is 2.72 bits per heavy atom. The zero-order chi connectivity index (χ0) is 13.0. The fraction of sp³-hybridized carbons (Fsp3) is 0.500. The van der Waals surface area contributed by atoms with Gasteiger partial charge in [-0.05, 0) is 12.1 Å². The molecule has 0 saturated carbocycles. The molecule has 98 valence electrons. The number of hydrogen-bond acceptors (Lipinski definition) is 4. The lowest BCUT2D eigenvalue weighted by molar-refractivity contribution is -0.237. The summed E-state index contributed by atoms with van der Waals surface area (Å²) in [6.07, 6.45) is 0.856. The molecule has 4 nitrogen and oxygen atoms in total. The SMILES string of the molecule is COc1ccc([C@H]2OC[C@@H](C)C(CC=O)O2)cc1. The standard InChI is InChI=1S/C14H18O4/c1-10-9-17-14(18-13(10)7-8-15)11-3-5-12(16-2)6-4-11/h3-6,8,10,13-14H,7,9H2,1-2H3/t10-,13?,14+/m1/s1. The molecule has 0 N–H and O–H groups in total. The molecule has 1 aromatic carbocycles.